The number of rotatable bonds is 4. The largest absolute Gasteiger partial charge is 0.473 e. The monoisotopic (exact) mass is 420 g/mol. The molecule has 162 valence electrons. The normalized spacial score (nSPS) is 19.6. The van der Waals surface area contributed by atoms with Crippen LogP contribution in [-0.4, -0.2) is 64.8 Å². The maximum Gasteiger partial charge on any atom is 0.416 e. The molecule has 3 N–H and O–H groups in total. The summed E-state index contributed by atoms with van der Waals surface area (Å²) < 4.78 is 43.5. The van der Waals surface area contributed by atoms with Crippen molar-refractivity contribution in [3.63, 3.8) is 0 Å². The van der Waals surface area contributed by atoms with Crippen LogP contribution in [0.3, 0.4) is 0 Å². The lowest BCUT2D eigenvalue weighted by atomic mass is 10.2. The number of anilines is 1. The summed E-state index contributed by atoms with van der Waals surface area (Å²) in [4.78, 5) is 32.3. The molecule has 2 atom stereocenters. The fourth-order valence-corrected chi connectivity index (χ4v) is 2.72. The van der Waals surface area contributed by atoms with Crippen LogP contribution >= 0.6 is 0 Å². The first-order chi connectivity index (χ1) is 13.4. The van der Waals surface area contributed by atoms with Crippen LogP contribution in [0.2, 0.25) is 0 Å². The molecule has 8 nitrogen and oxygen atoms in total. The molecule has 0 saturated carbocycles. The van der Waals surface area contributed by atoms with E-state index in [1.165, 1.54) is 12.1 Å². The highest BCUT2D eigenvalue weighted by atomic mass is 19.4. The molecule has 1 fully saturated rings. The van der Waals surface area contributed by atoms with Crippen LogP contribution < -0.4 is 5.32 Å². The second-order valence-electron chi connectivity index (χ2n) is 6.50. The number of nitrogens with zero attached hydrogens (tertiary/aromatic N) is 1. The van der Waals surface area contributed by atoms with Crippen LogP contribution in [0.15, 0.2) is 24.3 Å². The van der Waals surface area contributed by atoms with Gasteiger partial charge >= 0.3 is 18.1 Å². The molecule has 0 bridgehead atoms. The summed E-state index contributed by atoms with van der Waals surface area (Å²) >= 11 is 0. The Balaban J connectivity index is 0.000000612. The fraction of sp³-hybridized carbons (Fsp3) is 0.500. The van der Waals surface area contributed by atoms with Crippen molar-refractivity contribution in [2.24, 2.45) is 0 Å². The van der Waals surface area contributed by atoms with Crippen LogP contribution in [0, 0.1) is 0 Å². The number of aliphatic carboxylic acids is 2. The Hall–Kier alpha value is -2.66. The van der Waals surface area contributed by atoms with E-state index >= 15 is 0 Å². The van der Waals surface area contributed by atoms with Gasteiger partial charge in [-0.15, -0.1) is 0 Å². The zero-order valence-electron chi connectivity index (χ0n) is 15.9. The minimum atomic E-state index is -4.42. The van der Waals surface area contributed by atoms with Crippen LogP contribution in [0.25, 0.3) is 0 Å². The van der Waals surface area contributed by atoms with Crippen molar-refractivity contribution in [3.05, 3.63) is 29.8 Å². The molecular weight excluding hydrogens is 397 g/mol. The number of halogens is 3. The van der Waals surface area contributed by atoms with Gasteiger partial charge in [0.2, 0.25) is 5.91 Å². The van der Waals surface area contributed by atoms with Crippen molar-refractivity contribution in [2.75, 3.05) is 25.0 Å². The summed E-state index contributed by atoms with van der Waals surface area (Å²) in [7, 11) is 0. The predicted molar refractivity (Wildman–Crippen MR) is 96.4 cm³/mol. The first kappa shape index (κ1) is 24.4. The molecule has 1 heterocycles. The molecule has 29 heavy (non-hydrogen) atoms. The summed E-state index contributed by atoms with van der Waals surface area (Å²) in [6, 6.07) is 4.65. The maximum atomic E-state index is 12.6. The standard InChI is InChI=1S/C16H21F3N2O2.C2H2O4/c1-11-9-21(10-12(2)23-11)7-6-15(22)20-14-5-3-4-13(8-14)16(17,18)19;3-1(4)2(5)6/h3-5,8,11-12H,6-7,9-10H2,1-2H3,(H,20,22);(H,3,4)(H,5,6). The van der Waals surface area contributed by atoms with Crippen LogP contribution in [0.5, 0.6) is 0 Å². The van der Waals surface area contributed by atoms with Crippen molar-refractivity contribution in [1.29, 1.82) is 0 Å². The van der Waals surface area contributed by atoms with E-state index in [0.29, 0.717) is 6.54 Å². The van der Waals surface area contributed by atoms with Crippen LogP contribution in [0.1, 0.15) is 25.8 Å². The second-order valence-corrected chi connectivity index (χ2v) is 6.50. The van der Waals surface area contributed by atoms with E-state index in [0.717, 1.165) is 25.2 Å². The molecule has 1 aromatic rings. The third-order valence-electron chi connectivity index (χ3n) is 3.81. The molecule has 1 saturated heterocycles. The summed E-state index contributed by atoms with van der Waals surface area (Å²) in [6.07, 6.45) is -3.95. The van der Waals surface area contributed by atoms with Crippen LogP contribution in [-0.2, 0) is 25.3 Å². The number of amides is 1. The number of benzene rings is 1. The number of carbonyl (C=O) groups is 3. The van der Waals surface area contributed by atoms with Crippen molar-refractivity contribution in [1.82, 2.24) is 4.90 Å². The Bertz CT molecular complexity index is 704. The van der Waals surface area contributed by atoms with E-state index in [9.17, 15) is 18.0 Å². The molecule has 1 aromatic carbocycles. The van der Waals surface area contributed by atoms with Gasteiger partial charge in [0.25, 0.3) is 0 Å². The molecule has 0 spiro atoms. The number of carbonyl (C=O) groups excluding carboxylic acids is 1. The molecule has 1 aliphatic rings. The molecule has 0 radical (unpaired) electrons. The van der Waals surface area contributed by atoms with Gasteiger partial charge in [-0.05, 0) is 32.0 Å². The Labute approximate surface area is 165 Å². The van der Waals surface area contributed by atoms with Gasteiger partial charge in [-0.1, -0.05) is 6.07 Å². The Kier molecular flexibility index (Phi) is 9.05. The molecule has 1 aliphatic heterocycles. The third kappa shape index (κ3) is 9.39. The second kappa shape index (κ2) is 10.8. The zero-order chi connectivity index (χ0) is 22.2. The Morgan fingerprint density at radius 1 is 1.14 bits per heavy atom. The van der Waals surface area contributed by atoms with Gasteiger partial charge < -0.3 is 20.3 Å². The minimum Gasteiger partial charge on any atom is -0.473 e. The van der Waals surface area contributed by atoms with Gasteiger partial charge in [0, 0.05) is 31.7 Å². The van der Waals surface area contributed by atoms with Crippen molar-refractivity contribution in [3.8, 4) is 0 Å². The molecule has 11 heteroatoms. The van der Waals surface area contributed by atoms with Crippen LogP contribution in [0.4, 0.5) is 18.9 Å². The Morgan fingerprint density at radius 3 is 2.17 bits per heavy atom. The van der Waals surface area contributed by atoms with E-state index in [-0.39, 0.29) is 30.2 Å². The molecular formula is C18H23F3N2O6. The number of hydrogen-bond donors (Lipinski definition) is 3. The quantitative estimate of drug-likeness (QED) is 0.640. The summed E-state index contributed by atoms with van der Waals surface area (Å²) in [5, 5.41) is 17.3. The maximum absolute atomic E-state index is 12.6. The molecule has 2 rings (SSSR count). The van der Waals surface area contributed by atoms with Gasteiger partial charge in [-0.25, -0.2) is 9.59 Å². The van der Waals surface area contributed by atoms with Crippen molar-refractivity contribution < 1.29 is 42.5 Å². The van der Waals surface area contributed by atoms with Gasteiger partial charge in [-0.2, -0.15) is 13.2 Å². The number of nitrogens with one attached hydrogen (secondary N) is 1. The zero-order valence-corrected chi connectivity index (χ0v) is 15.9. The number of carboxylic acids is 2. The lowest BCUT2D eigenvalue weighted by Crippen LogP contribution is -2.46. The highest BCUT2D eigenvalue weighted by Gasteiger charge is 2.30. The smallest absolute Gasteiger partial charge is 0.416 e. The first-order valence-corrected chi connectivity index (χ1v) is 8.69. The predicted octanol–water partition coefficient (Wildman–Crippen LogP) is 2.30. The highest BCUT2D eigenvalue weighted by molar-refractivity contribution is 6.27. The van der Waals surface area contributed by atoms with Gasteiger partial charge in [0.05, 0.1) is 17.8 Å². The SMILES string of the molecule is CC1CN(CCC(=O)Nc2cccc(C(F)(F)F)c2)CC(C)O1.O=C(O)C(=O)O. The van der Waals surface area contributed by atoms with Gasteiger partial charge in [0.15, 0.2) is 0 Å². The average molecular weight is 420 g/mol. The molecule has 0 aromatic heterocycles. The number of ether oxygens (including phenoxy) is 1. The van der Waals surface area contributed by atoms with Crippen molar-refractivity contribution >= 4 is 23.5 Å². The number of alkyl halides is 3. The van der Waals surface area contributed by atoms with E-state index in [1.54, 1.807) is 0 Å². The average Bonchev–Trinajstić information content (AvgIpc) is 2.59. The van der Waals surface area contributed by atoms with E-state index in [2.05, 4.69) is 10.2 Å². The summed E-state index contributed by atoms with van der Waals surface area (Å²) in [5.74, 6) is -3.94. The number of hydrogen-bond acceptors (Lipinski definition) is 5. The third-order valence-corrected chi connectivity index (χ3v) is 3.81. The van der Waals surface area contributed by atoms with Gasteiger partial charge in [0.1, 0.15) is 0 Å². The Morgan fingerprint density at radius 2 is 1.69 bits per heavy atom. The van der Waals surface area contributed by atoms with E-state index in [4.69, 9.17) is 24.5 Å². The summed E-state index contributed by atoms with van der Waals surface area (Å²) in [6.45, 7) is 6.02. The number of morpholine rings is 1. The minimum absolute atomic E-state index is 0.116. The van der Waals surface area contributed by atoms with E-state index < -0.39 is 23.7 Å². The van der Waals surface area contributed by atoms with Gasteiger partial charge in [-0.3, -0.25) is 9.69 Å². The van der Waals surface area contributed by atoms with Crippen molar-refractivity contribution in [2.45, 2.75) is 38.7 Å². The topological polar surface area (TPSA) is 116 Å². The molecule has 2 unspecified atom stereocenters. The first-order valence-electron chi connectivity index (χ1n) is 8.69. The summed E-state index contributed by atoms with van der Waals surface area (Å²) in [5.41, 5.74) is -0.611. The molecule has 1 amide bonds. The lowest BCUT2D eigenvalue weighted by Gasteiger charge is -2.35. The number of carboxylic acid groups (broad SMARTS) is 2. The molecule has 0 aliphatic carbocycles. The van der Waals surface area contributed by atoms with E-state index in [1.807, 2.05) is 13.8 Å². The highest BCUT2D eigenvalue weighted by Crippen LogP contribution is 2.30. The fourth-order valence-electron chi connectivity index (χ4n) is 2.72. The lowest BCUT2D eigenvalue weighted by molar-refractivity contribution is -0.159.